The number of anilines is 1. The van der Waals surface area contributed by atoms with Gasteiger partial charge in [-0.1, -0.05) is 18.2 Å². The number of piperazine rings is 1. The summed E-state index contributed by atoms with van der Waals surface area (Å²) in [4.78, 5) is 39.6. The summed E-state index contributed by atoms with van der Waals surface area (Å²) in [5.41, 5.74) is 0.916. The molecule has 0 aromatic heterocycles. The SMILES string of the molecule is O=C(NCCN1CCN(S(=O)(=O)c2ccccc2)CC1)c1ccc(N2C(=O)CCC2=O)cc1. The van der Waals surface area contributed by atoms with Gasteiger partial charge in [0.25, 0.3) is 5.91 Å². The number of sulfonamides is 1. The number of imide groups is 1. The molecule has 10 heteroatoms. The summed E-state index contributed by atoms with van der Waals surface area (Å²) in [6.45, 7) is 3.03. The lowest BCUT2D eigenvalue weighted by atomic mass is 10.2. The summed E-state index contributed by atoms with van der Waals surface area (Å²) in [7, 11) is -3.48. The van der Waals surface area contributed by atoms with Crippen LogP contribution in [-0.2, 0) is 19.6 Å². The minimum absolute atomic E-state index is 0.216. The van der Waals surface area contributed by atoms with Gasteiger partial charge in [0.15, 0.2) is 0 Å². The Labute approximate surface area is 193 Å². The third-order valence-electron chi connectivity index (χ3n) is 5.87. The van der Waals surface area contributed by atoms with E-state index in [-0.39, 0.29) is 30.6 Å². The van der Waals surface area contributed by atoms with Crippen molar-refractivity contribution in [1.29, 1.82) is 0 Å². The number of amides is 3. The van der Waals surface area contributed by atoms with E-state index in [4.69, 9.17) is 0 Å². The fourth-order valence-corrected chi connectivity index (χ4v) is 5.43. The fourth-order valence-electron chi connectivity index (χ4n) is 3.99. The van der Waals surface area contributed by atoms with Gasteiger partial charge in [0.1, 0.15) is 0 Å². The molecule has 0 saturated carbocycles. The van der Waals surface area contributed by atoms with Crippen LogP contribution in [0.1, 0.15) is 23.2 Å². The highest BCUT2D eigenvalue weighted by Gasteiger charge is 2.30. The first kappa shape index (κ1) is 23.1. The predicted octanol–water partition coefficient (Wildman–Crippen LogP) is 1.08. The molecule has 3 amide bonds. The molecule has 0 unspecified atom stereocenters. The van der Waals surface area contributed by atoms with Gasteiger partial charge in [-0.3, -0.25) is 24.2 Å². The van der Waals surface area contributed by atoms with E-state index in [1.165, 1.54) is 4.31 Å². The van der Waals surface area contributed by atoms with Crippen molar-refractivity contribution in [3.05, 3.63) is 60.2 Å². The van der Waals surface area contributed by atoms with Gasteiger partial charge < -0.3 is 5.32 Å². The summed E-state index contributed by atoms with van der Waals surface area (Å²) in [6.07, 6.45) is 0.432. The minimum atomic E-state index is -3.48. The molecule has 1 N–H and O–H groups in total. The second kappa shape index (κ2) is 9.82. The van der Waals surface area contributed by atoms with Crippen LogP contribution in [0.15, 0.2) is 59.5 Å². The Balaban J connectivity index is 1.23. The van der Waals surface area contributed by atoms with Crippen molar-refractivity contribution in [3.8, 4) is 0 Å². The van der Waals surface area contributed by atoms with Crippen molar-refractivity contribution in [2.45, 2.75) is 17.7 Å². The van der Waals surface area contributed by atoms with Crippen molar-refractivity contribution >= 4 is 33.4 Å². The predicted molar refractivity (Wildman–Crippen MR) is 122 cm³/mol. The second-order valence-corrected chi connectivity index (χ2v) is 9.92. The maximum absolute atomic E-state index is 12.7. The average Bonchev–Trinajstić information content (AvgIpc) is 3.18. The van der Waals surface area contributed by atoms with Gasteiger partial charge in [-0.2, -0.15) is 4.31 Å². The normalized spacial score (nSPS) is 18.0. The minimum Gasteiger partial charge on any atom is -0.351 e. The molecule has 9 nitrogen and oxygen atoms in total. The molecule has 2 heterocycles. The van der Waals surface area contributed by atoms with Gasteiger partial charge in [-0.25, -0.2) is 8.42 Å². The average molecular weight is 471 g/mol. The molecule has 174 valence electrons. The molecule has 2 aromatic rings. The molecule has 33 heavy (non-hydrogen) atoms. The molecule has 0 bridgehead atoms. The first-order chi connectivity index (χ1) is 15.9. The number of carbonyl (C=O) groups excluding carboxylic acids is 3. The molecule has 2 aromatic carbocycles. The topological polar surface area (TPSA) is 107 Å². The smallest absolute Gasteiger partial charge is 0.251 e. The standard InChI is InChI=1S/C23H26N4O5S/c28-21-10-11-22(29)27(21)19-8-6-18(7-9-19)23(30)24-12-13-25-14-16-26(17-15-25)33(31,32)20-4-2-1-3-5-20/h1-9H,10-17H2,(H,24,30). The van der Waals surface area contributed by atoms with Gasteiger partial charge in [-0.05, 0) is 36.4 Å². The first-order valence-corrected chi connectivity index (χ1v) is 12.3. The van der Waals surface area contributed by atoms with E-state index in [0.717, 1.165) is 4.90 Å². The van der Waals surface area contributed by atoms with Crippen LogP contribution >= 0.6 is 0 Å². The molecule has 2 aliphatic heterocycles. The molecular weight excluding hydrogens is 444 g/mol. The third kappa shape index (κ3) is 5.13. The summed E-state index contributed by atoms with van der Waals surface area (Å²) < 4.78 is 26.9. The van der Waals surface area contributed by atoms with Crippen molar-refractivity contribution in [3.63, 3.8) is 0 Å². The van der Waals surface area contributed by atoms with E-state index in [0.29, 0.717) is 55.4 Å². The highest BCUT2D eigenvalue weighted by molar-refractivity contribution is 7.89. The van der Waals surface area contributed by atoms with Gasteiger partial charge in [0.05, 0.1) is 10.6 Å². The first-order valence-electron chi connectivity index (χ1n) is 10.9. The summed E-state index contributed by atoms with van der Waals surface area (Å²) in [6, 6.07) is 14.8. The van der Waals surface area contributed by atoms with Gasteiger partial charge in [0.2, 0.25) is 21.8 Å². The van der Waals surface area contributed by atoms with Crippen molar-refractivity contribution in [1.82, 2.24) is 14.5 Å². The van der Waals surface area contributed by atoms with Crippen LogP contribution in [0, 0.1) is 0 Å². The van der Waals surface area contributed by atoms with E-state index >= 15 is 0 Å². The molecule has 0 aliphatic carbocycles. The largest absolute Gasteiger partial charge is 0.351 e. The molecule has 0 radical (unpaired) electrons. The maximum Gasteiger partial charge on any atom is 0.251 e. The molecule has 2 fully saturated rings. The number of carbonyl (C=O) groups is 3. The third-order valence-corrected chi connectivity index (χ3v) is 7.78. The van der Waals surface area contributed by atoms with Crippen LogP contribution in [0.5, 0.6) is 0 Å². The Hall–Kier alpha value is -3.08. The van der Waals surface area contributed by atoms with Crippen molar-refractivity contribution < 1.29 is 22.8 Å². The van der Waals surface area contributed by atoms with E-state index < -0.39 is 10.0 Å². The van der Waals surface area contributed by atoms with Crippen LogP contribution in [-0.4, -0.2) is 74.6 Å². The van der Waals surface area contributed by atoms with Crippen LogP contribution in [0.3, 0.4) is 0 Å². The zero-order valence-electron chi connectivity index (χ0n) is 18.1. The maximum atomic E-state index is 12.7. The number of hydrogen-bond donors (Lipinski definition) is 1. The highest BCUT2D eigenvalue weighted by Crippen LogP contribution is 2.22. The number of nitrogens with zero attached hydrogens (tertiary/aromatic N) is 3. The van der Waals surface area contributed by atoms with Crippen molar-refractivity contribution in [2.75, 3.05) is 44.2 Å². The van der Waals surface area contributed by atoms with Crippen molar-refractivity contribution in [2.24, 2.45) is 0 Å². The Kier molecular flexibility index (Phi) is 6.87. The molecule has 2 aliphatic rings. The lowest BCUT2D eigenvalue weighted by Gasteiger charge is -2.33. The summed E-state index contributed by atoms with van der Waals surface area (Å²) >= 11 is 0. The summed E-state index contributed by atoms with van der Waals surface area (Å²) in [5, 5.41) is 2.86. The zero-order valence-corrected chi connectivity index (χ0v) is 19.0. The number of hydrogen-bond acceptors (Lipinski definition) is 6. The zero-order chi connectivity index (χ0) is 23.4. The van der Waals surface area contributed by atoms with Crippen LogP contribution < -0.4 is 10.2 Å². The number of benzene rings is 2. The number of rotatable bonds is 7. The second-order valence-electron chi connectivity index (χ2n) is 7.98. The van der Waals surface area contributed by atoms with Crippen LogP contribution in [0.4, 0.5) is 5.69 Å². The van der Waals surface area contributed by atoms with Gasteiger partial charge in [-0.15, -0.1) is 0 Å². The van der Waals surface area contributed by atoms with Crippen LogP contribution in [0.25, 0.3) is 0 Å². The molecule has 4 rings (SSSR count). The van der Waals surface area contributed by atoms with Crippen LogP contribution in [0.2, 0.25) is 0 Å². The van der Waals surface area contributed by atoms with Gasteiger partial charge >= 0.3 is 0 Å². The molecule has 2 saturated heterocycles. The van der Waals surface area contributed by atoms with E-state index in [1.807, 2.05) is 0 Å². The van der Waals surface area contributed by atoms with Gasteiger partial charge in [0, 0.05) is 57.7 Å². The lowest BCUT2D eigenvalue weighted by molar-refractivity contribution is -0.121. The lowest BCUT2D eigenvalue weighted by Crippen LogP contribution is -2.50. The monoisotopic (exact) mass is 470 g/mol. The molecular formula is C23H26N4O5S. The Morgan fingerprint density at radius 1 is 0.848 bits per heavy atom. The Bertz CT molecular complexity index is 1110. The Morgan fingerprint density at radius 3 is 2.06 bits per heavy atom. The van der Waals surface area contributed by atoms with E-state index in [2.05, 4.69) is 10.2 Å². The quantitative estimate of drug-likeness (QED) is 0.607. The van der Waals surface area contributed by atoms with E-state index in [9.17, 15) is 22.8 Å². The fraction of sp³-hybridized carbons (Fsp3) is 0.348. The molecule has 0 spiro atoms. The summed E-state index contributed by atoms with van der Waals surface area (Å²) in [5.74, 6) is -0.700. The molecule has 0 atom stereocenters. The number of nitrogens with one attached hydrogen (secondary N) is 1. The Morgan fingerprint density at radius 2 is 1.45 bits per heavy atom. The highest BCUT2D eigenvalue weighted by atomic mass is 32.2. The van der Waals surface area contributed by atoms with E-state index in [1.54, 1.807) is 54.6 Å².